The van der Waals surface area contributed by atoms with Gasteiger partial charge in [-0.05, 0) is 46.6 Å². The number of aromatic nitrogens is 2. The van der Waals surface area contributed by atoms with Gasteiger partial charge in [0.1, 0.15) is 5.58 Å². The second-order valence-electron chi connectivity index (χ2n) is 10.4. The molecule has 3 heterocycles. The van der Waals surface area contributed by atoms with Gasteiger partial charge in [0.05, 0.1) is 5.58 Å². The van der Waals surface area contributed by atoms with Crippen LogP contribution >= 0.6 is 0 Å². The van der Waals surface area contributed by atoms with E-state index < -0.39 is 0 Å². The molecule has 1 radical (unpaired) electrons. The van der Waals surface area contributed by atoms with Gasteiger partial charge >= 0.3 is 0 Å². The van der Waals surface area contributed by atoms with E-state index in [1.54, 1.807) is 6.20 Å². The van der Waals surface area contributed by atoms with Crippen molar-refractivity contribution in [2.75, 3.05) is 0 Å². The number of benzene rings is 5. The first-order valence-electron chi connectivity index (χ1n) is 14.6. The van der Waals surface area contributed by atoms with Crippen LogP contribution in [-0.2, 0) is 26.5 Å². The number of pyridine rings is 2. The molecular weight excluding hydrogens is 729 g/mol. The molecule has 0 fully saturated rings. The van der Waals surface area contributed by atoms with Crippen LogP contribution in [0, 0.1) is 12.1 Å². The minimum absolute atomic E-state index is 0. The monoisotopic (exact) mass is 757 g/mol. The van der Waals surface area contributed by atoms with Gasteiger partial charge in [0.2, 0.25) is 0 Å². The van der Waals surface area contributed by atoms with Gasteiger partial charge in [-0.3, -0.25) is 0 Å². The number of nitrogens with zero attached hydrogens (tertiary/aromatic N) is 2. The Bertz CT molecular complexity index is 2130. The van der Waals surface area contributed by atoms with Crippen LogP contribution in [0.25, 0.3) is 55.6 Å². The Balaban J connectivity index is 0.000000160. The third-order valence-electron chi connectivity index (χ3n) is 7.56. The first-order valence-corrected chi connectivity index (χ1v) is 14.6. The quantitative estimate of drug-likeness (QED) is 0.164. The van der Waals surface area contributed by atoms with E-state index in [-0.39, 0.29) is 20.1 Å². The van der Waals surface area contributed by atoms with Crippen LogP contribution < -0.4 is 0 Å². The van der Waals surface area contributed by atoms with Gasteiger partial charge in [0.25, 0.3) is 0 Å². The molecule has 0 unspecified atom stereocenters. The molecule has 0 amide bonds. The molecule has 0 aliphatic heterocycles. The van der Waals surface area contributed by atoms with Crippen LogP contribution in [0.3, 0.4) is 0 Å². The number of hydrogen-bond acceptors (Lipinski definition) is 3. The van der Waals surface area contributed by atoms with Crippen LogP contribution in [0.15, 0.2) is 162 Å². The molecule has 3 aromatic heterocycles. The molecule has 0 atom stereocenters. The summed E-state index contributed by atoms with van der Waals surface area (Å²) in [5.74, 6) is 0. The summed E-state index contributed by atoms with van der Waals surface area (Å²) >= 11 is 0. The maximum Gasteiger partial charge on any atom is 0.120 e. The predicted molar refractivity (Wildman–Crippen MR) is 179 cm³/mol. The Morgan fingerprint density at radius 1 is 0.600 bits per heavy atom. The topological polar surface area (TPSA) is 38.9 Å². The summed E-state index contributed by atoms with van der Waals surface area (Å²) in [4.78, 5) is 9.07. The van der Waals surface area contributed by atoms with Crippen LogP contribution in [0.4, 0.5) is 0 Å². The van der Waals surface area contributed by atoms with E-state index >= 15 is 0 Å². The Kier molecular flexibility index (Phi) is 9.36. The van der Waals surface area contributed by atoms with Crippen molar-refractivity contribution in [2.24, 2.45) is 0 Å². The summed E-state index contributed by atoms with van der Waals surface area (Å²) in [7, 11) is 0. The van der Waals surface area contributed by atoms with E-state index in [9.17, 15) is 0 Å². The van der Waals surface area contributed by atoms with Crippen molar-refractivity contribution in [3.8, 4) is 33.6 Å². The van der Waals surface area contributed by atoms with Crippen LogP contribution in [0.1, 0.15) is 11.1 Å². The Morgan fingerprint density at radius 3 is 2.13 bits per heavy atom. The Morgan fingerprint density at radius 2 is 1.36 bits per heavy atom. The second-order valence-corrected chi connectivity index (χ2v) is 10.4. The molecule has 0 aliphatic rings. The molecule has 0 saturated carbocycles. The van der Waals surface area contributed by atoms with E-state index in [4.69, 9.17) is 9.40 Å². The van der Waals surface area contributed by atoms with Crippen molar-refractivity contribution in [2.45, 2.75) is 6.42 Å². The molecule has 8 rings (SSSR count). The van der Waals surface area contributed by atoms with E-state index in [0.717, 1.165) is 50.9 Å². The molecule has 45 heavy (non-hydrogen) atoms. The van der Waals surface area contributed by atoms with Gasteiger partial charge in [-0.15, -0.1) is 54.1 Å². The molecular formula is C41H28IrN2O-2. The fourth-order valence-corrected chi connectivity index (χ4v) is 5.43. The van der Waals surface area contributed by atoms with Crippen molar-refractivity contribution in [1.29, 1.82) is 0 Å². The van der Waals surface area contributed by atoms with Crippen molar-refractivity contribution >= 4 is 21.9 Å². The maximum atomic E-state index is 5.97. The molecule has 0 bridgehead atoms. The van der Waals surface area contributed by atoms with E-state index in [0.29, 0.717) is 0 Å². The van der Waals surface area contributed by atoms with Gasteiger partial charge in [0, 0.05) is 43.4 Å². The van der Waals surface area contributed by atoms with Crippen LogP contribution in [0.5, 0.6) is 0 Å². The van der Waals surface area contributed by atoms with Gasteiger partial charge in [-0.25, -0.2) is 0 Å². The fraction of sp³-hybridized carbons (Fsp3) is 0.0244. The molecule has 0 N–H and O–H groups in total. The third kappa shape index (κ3) is 6.68. The number of para-hydroxylation sites is 1. The van der Waals surface area contributed by atoms with Crippen molar-refractivity contribution in [3.63, 3.8) is 0 Å². The summed E-state index contributed by atoms with van der Waals surface area (Å²) in [5, 5.41) is 2.23. The summed E-state index contributed by atoms with van der Waals surface area (Å²) < 4.78 is 5.97. The molecule has 0 aliphatic carbocycles. The largest absolute Gasteiger partial charge is 0.501 e. The molecule has 4 heteroatoms. The molecule has 3 nitrogen and oxygen atoms in total. The minimum atomic E-state index is 0. The van der Waals surface area contributed by atoms with Gasteiger partial charge < -0.3 is 14.4 Å². The zero-order chi connectivity index (χ0) is 29.6. The van der Waals surface area contributed by atoms with Crippen molar-refractivity contribution < 1.29 is 24.5 Å². The average molecular weight is 757 g/mol. The van der Waals surface area contributed by atoms with E-state index in [1.807, 2.05) is 79.0 Å². The first-order chi connectivity index (χ1) is 21.8. The third-order valence-corrected chi connectivity index (χ3v) is 7.56. The number of hydrogen-bond donors (Lipinski definition) is 0. The second kappa shape index (κ2) is 14.1. The number of furan rings is 1. The number of rotatable bonds is 5. The Labute approximate surface area is 276 Å². The molecule has 5 aromatic carbocycles. The number of fused-ring (bicyclic) bond motifs is 3. The van der Waals surface area contributed by atoms with Crippen LogP contribution in [-0.4, -0.2) is 9.97 Å². The fourth-order valence-electron chi connectivity index (χ4n) is 5.43. The molecule has 8 aromatic rings. The summed E-state index contributed by atoms with van der Waals surface area (Å²) in [5.41, 5.74) is 10.5. The zero-order valence-corrected chi connectivity index (χ0v) is 26.7. The maximum absolute atomic E-state index is 5.97. The van der Waals surface area contributed by atoms with Gasteiger partial charge in [-0.1, -0.05) is 108 Å². The van der Waals surface area contributed by atoms with E-state index in [2.05, 4.69) is 89.9 Å². The van der Waals surface area contributed by atoms with Crippen molar-refractivity contribution in [1.82, 2.24) is 9.97 Å². The van der Waals surface area contributed by atoms with Gasteiger partial charge in [-0.2, -0.15) is 0 Å². The summed E-state index contributed by atoms with van der Waals surface area (Å²) in [6, 6.07) is 55.6. The minimum Gasteiger partial charge on any atom is -0.501 e. The van der Waals surface area contributed by atoms with Gasteiger partial charge in [0.15, 0.2) is 0 Å². The first kappa shape index (κ1) is 29.9. The molecule has 0 saturated heterocycles. The normalized spacial score (nSPS) is 10.6. The van der Waals surface area contributed by atoms with E-state index in [1.165, 1.54) is 22.3 Å². The standard InChI is InChI=1S/C24H18N.C17H10NO.Ir/c1-4-10-19(11-5-1)16-22-17-24(21-14-8-3-9-15-21)25-18-23(22)20-12-6-2-7-13-20;1-2-10-16-12(6-1)13-7-5-8-14(17(13)19-16)15-9-3-4-11-18-15;/h1-14,17-18H,16H2;1-7,9-11H;/q2*-1;. The molecule has 219 valence electrons. The zero-order valence-electron chi connectivity index (χ0n) is 24.4. The summed E-state index contributed by atoms with van der Waals surface area (Å²) in [6.45, 7) is 0. The van der Waals surface area contributed by atoms with Crippen molar-refractivity contribution in [3.05, 3.63) is 181 Å². The predicted octanol–water partition coefficient (Wildman–Crippen LogP) is 10.3. The average Bonchev–Trinajstić information content (AvgIpc) is 3.49. The SMILES string of the molecule is [Ir].[c-]1ccc2c(oc3ccccc32)c1-c1ccccn1.[c-]1ccccc1-c1cc(Cc2ccccc2)c(-c2ccccc2)cn1. The smallest absolute Gasteiger partial charge is 0.120 e. The molecule has 0 spiro atoms. The van der Waals surface area contributed by atoms with Crippen LogP contribution in [0.2, 0.25) is 0 Å². The Hall–Kier alpha value is -5.15. The summed E-state index contributed by atoms with van der Waals surface area (Å²) in [6.07, 6.45) is 4.65.